The molecule has 0 amide bonds. The first-order valence-corrected chi connectivity index (χ1v) is 5.31. The molecular formula is C11H21NO. The van der Waals surface area contributed by atoms with Gasteiger partial charge in [-0.25, -0.2) is 0 Å². The van der Waals surface area contributed by atoms with Crippen LogP contribution in [0.5, 0.6) is 0 Å². The summed E-state index contributed by atoms with van der Waals surface area (Å²) in [6, 6.07) is 0.335. The van der Waals surface area contributed by atoms with Crippen molar-refractivity contribution in [2.75, 3.05) is 6.61 Å². The van der Waals surface area contributed by atoms with Crippen LogP contribution in [0.3, 0.4) is 0 Å². The van der Waals surface area contributed by atoms with Crippen LogP contribution in [0.4, 0.5) is 0 Å². The largest absolute Gasteiger partial charge is 0.378 e. The molecule has 1 heterocycles. The fourth-order valence-electron chi connectivity index (χ4n) is 1.75. The Hall–Kier alpha value is -0.340. The van der Waals surface area contributed by atoms with E-state index in [2.05, 4.69) is 6.58 Å². The van der Waals surface area contributed by atoms with Crippen LogP contribution in [-0.2, 0) is 4.74 Å². The summed E-state index contributed by atoms with van der Waals surface area (Å²) in [5, 5.41) is 0. The van der Waals surface area contributed by atoms with Crippen LogP contribution in [0, 0.1) is 0 Å². The second-order valence-electron chi connectivity index (χ2n) is 3.84. The lowest BCUT2D eigenvalue weighted by atomic mass is 10.0. The predicted molar refractivity (Wildman–Crippen MR) is 55.6 cm³/mol. The summed E-state index contributed by atoms with van der Waals surface area (Å²) in [4.78, 5) is 0. The molecule has 2 unspecified atom stereocenters. The van der Waals surface area contributed by atoms with E-state index in [1.807, 2.05) is 6.08 Å². The van der Waals surface area contributed by atoms with Gasteiger partial charge in [-0.2, -0.15) is 0 Å². The van der Waals surface area contributed by atoms with Crippen molar-refractivity contribution in [3.63, 3.8) is 0 Å². The molecule has 0 radical (unpaired) electrons. The Bertz CT molecular complexity index is 141. The van der Waals surface area contributed by atoms with Gasteiger partial charge in [-0.1, -0.05) is 6.08 Å². The maximum atomic E-state index is 5.93. The van der Waals surface area contributed by atoms with Crippen LogP contribution >= 0.6 is 0 Å². The van der Waals surface area contributed by atoms with Gasteiger partial charge < -0.3 is 10.5 Å². The molecule has 76 valence electrons. The summed E-state index contributed by atoms with van der Waals surface area (Å²) in [6.45, 7) is 4.64. The van der Waals surface area contributed by atoms with Crippen molar-refractivity contribution < 1.29 is 4.74 Å². The number of rotatable bonds is 6. The van der Waals surface area contributed by atoms with Crippen LogP contribution in [0.2, 0.25) is 0 Å². The van der Waals surface area contributed by atoms with E-state index in [0.717, 1.165) is 32.3 Å². The fraction of sp³-hybridized carbons (Fsp3) is 0.818. The van der Waals surface area contributed by atoms with E-state index in [1.54, 1.807) is 0 Å². The average molecular weight is 183 g/mol. The Balaban J connectivity index is 1.99. The molecule has 0 aromatic carbocycles. The number of hydrogen-bond acceptors (Lipinski definition) is 2. The zero-order valence-corrected chi connectivity index (χ0v) is 8.37. The van der Waals surface area contributed by atoms with Crippen molar-refractivity contribution in [2.45, 2.75) is 50.7 Å². The molecule has 2 nitrogen and oxygen atoms in total. The Labute approximate surface area is 81.1 Å². The van der Waals surface area contributed by atoms with Gasteiger partial charge in [0, 0.05) is 12.6 Å². The summed E-state index contributed by atoms with van der Waals surface area (Å²) in [7, 11) is 0. The molecule has 0 aliphatic carbocycles. The van der Waals surface area contributed by atoms with E-state index in [9.17, 15) is 0 Å². The van der Waals surface area contributed by atoms with Gasteiger partial charge in [-0.15, -0.1) is 6.58 Å². The Morgan fingerprint density at radius 1 is 1.54 bits per heavy atom. The van der Waals surface area contributed by atoms with Crippen LogP contribution in [0.25, 0.3) is 0 Å². The van der Waals surface area contributed by atoms with Crippen LogP contribution in [0.15, 0.2) is 12.7 Å². The molecule has 2 N–H and O–H groups in total. The van der Waals surface area contributed by atoms with Crippen LogP contribution in [-0.4, -0.2) is 18.8 Å². The molecular weight excluding hydrogens is 162 g/mol. The van der Waals surface area contributed by atoms with E-state index in [4.69, 9.17) is 10.5 Å². The highest BCUT2D eigenvalue weighted by Crippen LogP contribution is 2.18. The van der Waals surface area contributed by atoms with Crippen molar-refractivity contribution in [3.8, 4) is 0 Å². The van der Waals surface area contributed by atoms with Crippen molar-refractivity contribution in [2.24, 2.45) is 5.73 Å². The van der Waals surface area contributed by atoms with Crippen molar-refractivity contribution in [1.29, 1.82) is 0 Å². The third-order valence-electron chi connectivity index (χ3n) is 2.63. The van der Waals surface area contributed by atoms with Crippen molar-refractivity contribution >= 4 is 0 Å². The normalized spacial score (nSPS) is 24.5. The molecule has 1 aliphatic rings. The molecule has 2 heteroatoms. The first-order chi connectivity index (χ1) is 6.33. The zero-order valence-electron chi connectivity index (χ0n) is 8.37. The molecule has 1 rings (SSSR count). The lowest BCUT2D eigenvalue weighted by Gasteiger charge is -2.13. The molecule has 1 saturated heterocycles. The molecule has 0 aromatic rings. The number of allylic oxidation sites excluding steroid dienone is 1. The minimum absolute atomic E-state index is 0.335. The molecule has 1 fully saturated rings. The molecule has 13 heavy (non-hydrogen) atoms. The highest BCUT2D eigenvalue weighted by atomic mass is 16.5. The van der Waals surface area contributed by atoms with E-state index in [1.165, 1.54) is 12.8 Å². The monoisotopic (exact) mass is 183 g/mol. The van der Waals surface area contributed by atoms with E-state index in [-0.39, 0.29) is 0 Å². The highest BCUT2D eigenvalue weighted by Gasteiger charge is 2.15. The SMILES string of the molecule is C=CCCC(N)CCC1CCCO1. The minimum atomic E-state index is 0.335. The molecule has 0 bridgehead atoms. The van der Waals surface area contributed by atoms with E-state index >= 15 is 0 Å². The predicted octanol–water partition coefficient (Wildman–Crippen LogP) is 2.24. The van der Waals surface area contributed by atoms with Crippen molar-refractivity contribution in [1.82, 2.24) is 0 Å². The maximum absolute atomic E-state index is 5.93. The van der Waals surface area contributed by atoms with Gasteiger partial charge in [0.2, 0.25) is 0 Å². The maximum Gasteiger partial charge on any atom is 0.0576 e. The Morgan fingerprint density at radius 2 is 2.38 bits per heavy atom. The second kappa shape index (κ2) is 6.17. The second-order valence-corrected chi connectivity index (χ2v) is 3.84. The highest BCUT2D eigenvalue weighted by molar-refractivity contribution is 4.73. The summed E-state index contributed by atoms with van der Waals surface area (Å²) in [5.74, 6) is 0. The molecule has 0 aromatic heterocycles. The van der Waals surface area contributed by atoms with E-state index in [0.29, 0.717) is 12.1 Å². The summed E-state index contributed by atoms with van der Waals surface area (Å²) in [6.07, 6.45) is 9.22. The fourth-order valence-corrected chi connectivity index (χ4v) is 1.75. The van der Waals surface area contributed by atoms with Crippen LogP contribution < -0.4 is 5.73 Å². The van der Waals surface area contributed by atoms with Gasteiger partial charge in [-0.05, 0) is 38.5 Å². The smallest absolute Gasteiger partial charge is 0.0576 e. The van der Waals surface area contributed by atoms with Gasteiger partial charge in [0.15, 0.2) is 0 Å². The minimum Gasteiger partial charge on any atom is -0.378 e. The molecule has 2 atom stereocenters. The third-order valence-corrected chi connectivity index (χ3v) is 2.63. The molecule has 0 saturated carbocycles. The topological polar surface area (TPSA) is 35.2 Å². The number of hydrogen-bond donors (Lipinski definition) is 1. The van der Waals surface area contributed by atoms with E-state index < -0.39 is 0 Å². The Kier molecular flexibility index (Phi) is 5.09. The van der Waals surface area contributed by atoms with Gasteiger partial charge in [0.25, 0.3) is 0 Å². The standard InChI is InChI=1S/C11H21NO/c1-2-3-5-10(12)7-8-11-6-4-9-13-11/h2,10-11H,1,3-9,12H2. The van der Waals surface area contributed by atoms with Gasteiger partial charge in [-0.3, -0.25) is 0 Å². The lowest BCUT2D eigenvalue weighted by molar-refractivity contribution is 0.100. The van der Waals surface area contributed by atoms with Crippen LogP contribution in [0.1, 0.15) is 38.5 Å². The molecule has 0 spiro atoms. The quantitative estimate of drug-likeness (QED) is 0.641. The Morgan fingerprint density at radius 3 is 3.00 bits per heavy atom. The first-order valence-electron chi connectivity index (χ1n) is 5.31. The summed E-state index contributed by atoms with van der Waals surface area (Å²) in [5.41, 5.74) is 5.93. The molecule has 1 aliphatic heterocycles. The first kappa shape index (κ1) is 10.7. The third kappa shape index (κ3) is 4.44. The average Bonchev–Trinajstić information content (AvgIpc) is 2.64. The van der Waals surface area contributed by atoms with Gasteiger partial charge >= 0.3 is 0 Å². The van der Waals surface area contributed by atoms with Gasteiger partial charge in [0.05, 0.1) is 6.10 Å². The van der Waals surface area contributed by atoms with Gasteiger partial charge in [0.1, 0.15) is 0 Å². The number of ether oxygens (including phenoxy) is 1. The zero-order chi connectivity index (χ0) is 9.52. The van der Waals surface area contributed by atoms with Crippen molar-refractivity contribution in [3.05, 3.63) is 12.7 Å². The summed E-state index contributed by atoms with van der Waals surface area (Å²) < 4.78 is 5.53. The summed E-state index contributed by atoms with van der Waals surface area (Å²) >= 11 is 0. The lowest BCUT2D eigenvalue weighted by Crippen LogP contribution is -2.21. The number of nitrogens with two attached hydrogens (primary N) is 1.